The third kappa shape index (κ3) is 4.64. The number of nitrogens with one attached hydrogen (secondary N) is 1. The Balaban J connectivity index is 2.08. The number of benzene rings is 2. The molecule has 1 amide bonds. The zero-order valence-electron chi connectivity index (χ0n) is 12.8. The molecule has 0 aromatic heterocycles. The Morgan fingerprint density at radius 2 is 1.96 bits per heavy atom. The molecule has 6 nitrogen and oxygen atoms in total. The summed E-state index contributed by atoms with van der Waals surface area (Å²) in [6.45, 7) is 1.07. The summed E-state index contributed by atoms with van der Waals surface area (Å²) >= 11 is 0. The number of rotatable bonds is 6. The molecule has 124 valence electrons. The van der Waals surface area contributed by atoms with Crippen LogP contribution in [0.3, 0.4) is 0 Å². The van der Waals surface area contributed by atoms with Gasteiger partial charge in [-0.05, 0) is 31.2 Å². The van der Waals surface area contributed by atoms with E-state index >= 15 is 0 Å². The van der Waals surface area contributed by atoms with E-state index in [1.54, 1.807) is 37.3 Å². The summed E-state index contributed by atoms with van der Waals surface area (Å²) in [7, 11) is 0. The fraction of sp³-hybridized carbons (Fsp3) is 0.118. The lowest BCUT2D eigenvalue weighted by atomic mass is 10.1. The second-order valence-electron chi connectivity index (χ2n) is 4.81. The van der Waals surface area contributed by atoms with Gasteiger partial charge < -0.3 is 14.6 Å². The molecule has 2 aromatic rings. The number of ether oxygens (including phenoxy) is 1. The summed E-state index contributed by atoms with van der Waals surface area (Å²) < 4.78 is 18.5. The number of aliphatic carboxylic acids is 1. The SMILES string of the molecule is C/C(=N/NC(=O)c1ccccc1F)c1cccc(OCC(=O)[O-])c1. The molecule has 0 spiro atoms. The van der Waals surface area contributed by atoms with E-state index < -0.39 is 24.3 Å². The van der Waals surface area contributed by atoms with Crippen molar-refractivity contribution in [2.24, 2.45) is 5.10 Å². The lowest BCUT2D eigenvalue weighted by Crippen LogP contribution is -2.28. The summed E-state index contributed by atoms with van der Waals surface area (Å²) in [6.07, 6.45) is 0. The van der Waals surface area contributed by atoms with E-state index in [0.717, 1.165) is 0 Å². The van der Waals surface area contributed by atoms with Gasteiger partial charge in [0.05, 0.1) is 17.2 Å². The fourth-order valence-corrected chi connectivity index (χ4v) is 1.86. The van der Waals surface area contributed by atoms with Gasteiger partial charge in [0.1, 0.15) is 18.2 Å². The maximum Gasteiger partial charge on any atom is 0.274 e. The number of hydrogen-bond acceptors (Lipinski definition) is 5. The zero-order chi connectivity index (χ0) is 17.5. The van der Waals surface area contributed by atoms with E-state index in [2.05, 4.69) is 10.5 Å². The zero-order valence-corrected chi connectivity index (χ0v) is 12.8. The van der Waals surface area contributed by atoms with Crippen LogP contribution in [-0.4, -0.2) is 24.2 Å². The predicted molar refractivity (Wildman–Crippen MR) is 83.0 cm³/mol. The molecule has 0 saturated heterocycles. The maximum absolute atomic E-state index is 13.5. The normalized spacial score (nSPS) is 11.0. The molecule has 0 fully saturated rings. The van der Waals surface area contributed by atoms with Gasteiger partial charge in [-0.15, -0.1) is 0 Å². The van der Waals surface area contributed by atoms with Crippen molar-refractivity contribution in [2.45, 2.75) is 6.92 Å². The number of carbonyl (C=O) groups is 2. The van der Waals surface area contributed by atoms with Crippen LogP contribution in [0.1, 0.15) is 22.8 Å². The Labute approximate surface area is 137 Å². The third-order valence-electron chi connectivity index (χ3n) is 3.05. The molecule has 0 unspecified atom stereocenters. The lowest BCUT2D eigenvalue weighted by Gasteiger charge is -2.08. The van der Waals surface area contributed by atoms with Gasteiger partial charge in [0.15, 0.2) is 0 Å². The molecule has 2 aromatic carbocycles. The van der Waals surface area contributed by atoms with Crippen LogP contribution >= 0.6 is 0 Å². The van der Waals surface area contributed by atoms with Gasteiger partial charge in [0.2, 0.25) is 0 Å². The minimum absolute atomic E-state index is 0.111. The summed E-state index contributed by atoms with van der Waals surface area (Å²) in [5.74, 6) is -2.31. The summed E-state index contributed by atoms with van der Waals surface area (Å²) in [6, 6.07) is 12.1. The first kappa shape index (κ1) is 17.1. The fourth-order valence-electron chi connectivity index (χ4n) is 1.86. The standard InChI is InChI=1S/C17H15FN2O4/c1-11(12-5-4-6-13(9-12)24-10-16(21)22)19-20-17(23)14-7-2-3-8-15(14)18/h2-9H,10H2,1H3,(H,20,23)(H,21,22)/p-1/b19-11-. The first-order chi connectivity index (χ1) is 11.5. The van der Waals surface area contributed by atoms with Crippen LogP contribution in [-0.2, 0) is 4.79 Å². The van der Waals surface area contributed by atoms with Gasteiger partial charge in [-0.25, -0.2) is 9.82 Å². The summed E-state index contributed by atoms with van der Waals surface area (Å²) in [5, 5.41) is 14.3. The average Bonchev–Trinajstić information content (AvgIpc) is 2.58. The number of carboxylic acids is 1. The third-order valence-corrected chi connectivity index (χ3v) is 3.05. The van der Waals surface area contributed by atoms with Crippen molar-refractivity contribution in [3.05, 3.63) is 65.5 Å². The molecular formula is C17H14FN2O4-. The molecule has 0 aliphatic heterocycles. The number of carbonyl (C=O) groups excluding carboxylic acids is 2. The molecule has 0 heterocycles. The Hall–Kier alpha value is -3.22. The van der Waals surface area contributed by atoms with Crippen molar-refractivity contribution < 1.29 is 23.8 Å². The second kappa shape index (κ2) is 7.87. The van der Waals surface area contributed by atoms with Crippen LogP contribution in [0.25, 0.3) is 0 Å². The van der Waals surface area contributed by atoms with E-state index in [-0.39, 0.29) is 5.56 Å². The minimum atomic E-state index is -1.33. The van der Waals surface area contributed by atoms with Gasteiger partial charge in [-0.3, -0.25) is 4.79 Å². The Morgan fingerprint density at radius 3 is 2.67 bits per heavy atom. The highest BCUT2D eigenvalue weighted by atomic mass is 19.1. The number of carboxylic acid groups (broad SMARTS) is 1. The Morgan fingerprint density at radius 1 is 1.21 bits per heavy atom. The Kier molecular flexibility index (Phi) is 5.62. The Bertz CT molecular complexity index is 790. The van der Waals surface area contributed by atoms with Crippen molar-refractivity contribution in [3.63, 3.8) is 0 Å². The monoisotopic (exact) mass is 329 g/mol. The van der Waals surface area contributed by atoms with Crippen LogP contribution < -0.4 is 15.3 Å². The largest absolute Gasteiger partial charge is 0.546 e. The first-order valence-corrected chi connectivity index (χ1v) is 6.99. The van der Waals surface area contributed by atoms with Crippen molar-refractivity contribution >= 4 is 17.6 Å². The molecule has 1 N–H and O–H groups in total. The lowest BCUT2D eigenvalue weighted by molar-refractivity contribution is -0.307. The molecule has 24 heavy (non-hydrogen) atoms. The maximum atomic E-state index is 13.5. The molecule has 0 radical (unpaired) electrons. The van der Waals surface area contributed by atoms with Crippen molar-refractivity contribution in [1.29, 1.82) is 0 Å². The van der Waals surface area contributed by atoms with E-state index in [0.29, 0.717) is 17.0 Å². The van der Waals surface area contributed by atoms with Crippen molar-refractivity contribution in [1.82, 2.24) is 5.43 Å². The molecule has 0 aliphatic carbocycles. The molecule has 0 bridgehead atoms. The van der Waals surface area contributed by atoms with Gasteiger partial charge in [-0.2, -0.15) is 5.10 Å². The number of nitrogens with zero attached hydrogens (tertiary/aromatic N) is 1. The second-order valence-corrected chi connectivity index (χ2v) is 4.81. The van der Waals surface area contributed by atoms with Crippen LogP contribution in [0.4, 0.5) is 4.39 Å². The molecule has 7 heteroatoms. The summed E-state index contributed by atoms with van der Waals surface area (Å²) in [5.41, 5.74) is 3.21. The first-order valence-electron chi connectivity index (χ1n) is 6.99. The van der Waals surface area contributed by atoms with Crippen LogP contribution in [0.2, 0.25) is 0 Å². The number of hydrazone groups is 1. The molecule has 2 rings (SSSR count). The van der Waals surface area contributed by atoms with Gasteiger partial charge in [0, 0.05) is 5.56 Å². The van der Waals surface area contributed by atoms with E-state index in [4.69, 9.17) is 4.74 Å². The van der Waals surface area contributed by atoms with Gasteiger partial charge in [-0.1, -0.05) is 24.3 Å². The molecule has 0 saturated carbocycles. The number of hydrogen-bond donors (Lipinski definition) is 1. The molecule has 0 atom stereocenters. The van der Waals surface area contributed by atoms with Crippen LogP contribution in [0.5, 0.6) is 5.75 Å². The predicted octanol–water partition coefficient (Wildman–Crippen LogP) is 1.11. The van der Waals surface area contributed by atoms with Gasteiger partial charge >= 0.3 is 0 Å². The van der Waals surface area contributed by atoms with Crippen molar-refractivity contribution in [3.8, 4) is 5.75 Å². The number of amides is 1. The molecule has 0 aliphatic rings. The summed E-state index contributed by atoms with van der Waals surface area (Å²) in [4.78, 5) is 22.3. The highest BCUT2D eigenvalue weighted by Gasteiger charge is 2.10. The van der Waals surface area contributed by atoms with Crippen LogP contribution in [0, 0.1) is 5.82 Å². The van der Waals surface area contributed by atoms with E-state index in [1.165, 1.54) is 18.2 Å². The topological polar surface area (TPSA) is 90.8 Å². The highest BCUT2D eigenvalue weighted by molar-refractivity contribution is 6.01. The minimum Gasteiger partial charge on any atom is -0.546 e. The van der Waals surface area contributed by atoms with Crippen molar-refractivity contribution in [2.75, 3.05) is 6.61 Å². The quantitative estimate of drug-likeness (QED) is 0.635. The van der Waals surface area contributed by atoms with Crippen LogP contribution in [0.15, 0.2) is 53.6 Å². The number of halogens is 1. The smallest absolute Gasteiger partial charge is 0.274 e. The van der Waals surface area contributed by atoms with Gasteiger partial charge in [0.25, 0.3) is 5.91 Å². The average molecular weight is 329 g/mol. The highest BCUT2D eigenvalue weighted by Crippen LogP contribution is 2.14. The molecular weight excluding hydrogens is 315 g/mol. The van der Waals surface area contributed by atoms with E-state index in [9.17, 15) is 19.1 Å². The van der Waals surface area contributed by atoms with E-state index in [1.807, 2.05) is 0 Å².